The molecule has 1 aromatic rings. The molecule has 1 aromatic carbocycles. The molecule has 1 amide bonds. The van der Waals surface area contributed by atoms with Crippen molar-refractivity contribution in [2.45, 2.75) is 51.3 Å². The highest BCUT2D eigenvalue weighted by Crippen LogP contribution is 2.27. The van der Waals surface area contributed by atoms with Gasteiger partial charge in [-0.05, 0) is 37.8 Å². The van der Waals surface area contributed by atoms with Crippen molar-refractivity contribution in [3.63, 3.8) is 0 Å². The molecule has 1 fully saturated rings. The lowest BCUT2D eigenvalue weighted by Gasteiger charge is -2.29. The largest absolute Gasteiger partial charge is 0.378 e. The summed E-state index contributed by atoms with van der Waals surface area (Å²) in [5.41, 5.74) is 2.48. The number of hydrogen-bond donors (Lipinski definition) is 0. The molecule has 0 aliphatic carbocycles. The fraction of sp³-hybridized carbons (Fsp3) is 0.611. The van der Waals surface area contributed by atoms with E-state index in [0.29, 0.717) is 19.1 Å². The van der Waals surface area contributed by atoms with Gasteiger partial charge in [0, 0.05) is 44.9 Å². The Morgan fingerprint density at radius 3 is 2.95 bits per heavy atom. The topological polar surface area (TPSA) is 32.8 Å². The van der Waals surface area contributed by atoms with Gasteiger partial charge in [-0.15, -0.1) is 0 Å². The summed E-state index contributed by atoms with van der Waals surface area (Å²) in [6.45, 7) is 4.60. The number of likely N-dealkylation sites (N-methyl/N-ethyl adjacent to an activating group) is 1. The van der Waals surface area contributed by atoms with Crippen molar-refractivity contribution >= 4 is 11.6 Å². The van der Waals surface area contributed by atoms with Crippen LogP contribution in [0.3, 0.4) is 0 Å². The molecule has 4 nitrogen and oxygen atoms in total. The maximum absolute atomic E-state index is 12.7. The molecule has 0 N–H and O–H groups in total. The highest BCUT2D eigenvalue weighted by Gasteiger charge is 2.27. The highest BCUT2D eigenvalue weighted by atomic mass is 16.5. The first-order chi connectivity index (χ1) is 10.6. The fourth-order valence-electron chi connectivity index (χ4n) is 3.58. The number of hydrogen-bond acceptors (Lipinski definition) is 3. The van der Waals surface area contributed by atoms with Gasteiger partial charge in [0.1, 0.15) is 0 Å². The Kier molecular flexibility index (Phi) is 4.67. The van der Waals surface area contributed by atoms with Crippen LogP contribution in [0, 0.1) is 0 Å². The summed E-state index contributed by atoms with van der Waals surface area (Å²) in [7, 11) is 2.11. The fourth-order valence-corrected chi connectivity index (χ4v) is 3.58. The Hall–Kier alpha value is -1.55. The van der Waals surface area contributed by atoms with Gasteiger partial charge < -0.3 is 14.5 Å². The van der Waals surface area contributed by atoms with E-state index in [0.717, 1.165) is 32.4 Å². The number of carbonyl (C=O) groups excluding carboxylic acids is 1. The van der Waals surface area contributed by atoms with Crippen molar-refractivity contribution in [2.24, 2.45) is 0 Å². The van der Waals surface area contributed by atoms with Crippen molar-refractivity contribution in [2.75, 3.05) is 25.1 Å². The van der Waals surface area contributed by atoms with Crippen molar-refractivity contribution in [3.8, 4) is 0 Å². The first kappa shape index (κ1) is 15.3. The molecule has 1 saturated heterocycles. The SMILES string of the molecule is C[C@@H]1CN(C)c2ccccc2CN1C(=O)CC[C@H]1CCCO1. The van der Waals surface area contributed by atoms with Crippen LogP contribution in [0.4, 0.5) is 5.69 Å². The average molecular weight is 302 g/mol. The van der Waals surface area contributed by atoms with Crippen molar-refractivity contribution in [3.05, 3.63) is 29.8 Å². The molecular weight excluding hydrogens is 276 g/mol. The van der Waals surface area contributed by atoms with Crippen LogP contribution in [-0.2, 0) is 16.1 Å². The summed E-state index contributed by atoms with van der Waals surface area (Å²) >= 11 is 0. The summed E-state index contributed by atoms with van der Waals surface area (Å²) in [5.74, 6) is 0.258. The number of amides is 1. The average Bonchev–Trinajstić information content (AvgIpc) is 2.99. The zero-order valence-corrected chi connectivity index (χ0v) is 13.6. The number of rotatable bonds is 3. The van der Waals surface area contributed by atoms with Gasteiger partial charge in [-0.2, -0.15) is 0 Å². The van der Waals surface area contributed by atoms with Gasteiger partial charge >= 0.3 is 0 Å². The van der Waals surface area contributed by atoms with Crippen LogP contribution in [0.15, 0.2) is 24.3 Å². The predicted molar refractivity (Wildman–Crippen MR) is 87.9 cm³/mol. The second-order valence-corrected chi connectivity index (χ2v) is 6.55. The second-order valence-electron chi connectivity index (χ2n) is 6.55. The minimum absolute atomic E-state index is 0.231. The molecule has 0 aromatic heterocycles. The lowest BCUT2D eigenvalue weighted by molar-refractivity contribution is -0.134. The van der Waals surface area contributed by atoms with E-state index in [1.807, 2.05) is 4.90 Å². The van der Waals surface area contributed by atoms with Crippen molar-refractivity contribution in [1.82, 2.24) is 4.90 Å². The number of nitrogens with zero attached hydrogens (tertiary/aromatic N) is 2. The zero-order valence-electron chi connectivity index (χ0n) is 13.6. The summed E-state index contributed by atoms with van der Waals surface area (Å²) in [4.78, 5) is 17.0. The number of fused-ring (bicyclic) bond motifs is 1. The first-order valence-electron chi connectivity index (χ1n) is 8.35. The molecule has 2 aliphatic rings. The maximum atomic E-state index is 12.7. The van der Waals surface area contributed by atoms with E-state index in [4.69, 9.17) is 4.74 Å². The molecule has 0 saturated carbocycles. The number of ether oxygens (including phenoxy) is 1. The number of benzene rings is 1. The van der Waals surface area contributed by atoms with E-state index in [2.05, 4.69) is 43.1 Å². The third kappa shape index (κ3) is 3.27. The lowest BCUT2D eigenvalue weighted by Crippen LogP contribution is -2.42. The van der Waals surface area contributed by atoms with Gasteiger partial charge in [0.15, 0.2) is 0 Å². The van der Waals surface area contributed by atoms with Crippen LogP contribution in [0.5, 0.6) is 0 Å². The van der Waals surface area contributed by atoms with E-state index >= 15 is 0 Å². The molecule has 2 heterocycles. The molecule has 2 aliphatic heterocycles. The van der Waals surface area contributed by atoms with Crippen molar-refractivity contribution < 1.29 is 9.53 Å². The Morgan fingerprint density at radius 2 is 2.18 bits per heavy atom. The molecule has 0 spiro atoms. The maximum Gasteiger partial charge on any atom is 0.223 e. The lowest BCUT2D eigenvalue weighted by atomic mass is 10.1. The predicted octanol–water partition coefficient (Wildman–Crippen LogP) is 2.81. The van der Waals surface area contributed by atoms with E-state index in [1.54, 1.807) is 0 Å². The summed E-state index contributed by atoms with van der Waals surface area (Å²) in [5, 5.41) is 0. The molecule has 4 heteroatoms. The minimum Gasteiger partial charge on any atom is -0.378 e. The first-order valence-corrected chi connectivity index (χ1v) is 8.35. The van der Waals surface area contributed by atoms with Gasteiger partial charge in [0.25, 0.3) is 0 Å². The van der Waals surface area contributed by atoms with E-state index < -0.39 is 0 Å². The molecule has 2 atom stereocenters. The minimum atomic E-state index is 0.231. The summed E-state index contributed by atoms with van der Waals surface area (Å²) in [6.07, 6.45) is 3.99. The van der Waals surface area contributed by atoms with Crippen LogP contribution in [0.1, 0.15) is 38.2 Å². The van der Waals surface area contributed by atoms with Gasteiger partial charge in [-0.1, -0.05) is 18.2 Å². The molecule has 0 radical (unpaired) electrons. The molecule has 0 bridgehead atoms. The van der Waals surface area contributed by atoms with E-state index in [9.17, 15) is 4.79 Å². The Labute approximate surface area is 133 Å². The van der Waals surface area contributed by atoms with Crippen LogP contribution in [0.2, 0.25) is 0 Å². The summed E-state index contributed by atoms with van der Waals surface area (Å²) in [6, 6.07) is 8.62. The molecule has 120 valence electrons. The van der Waals surface area contributed by atoms with Crippen LogP contribution >= 0.6 is 0 Å². The van der Waals surface area contributed by atoms with E-state index in [1.165, 1.54) is 11.3 Å². The molecular formula is C18H26N2O2. The molecule has 3 rings (SSSR count). The van der Waals surface area contributed by atoms with Crippen LogP contribution in [0.25, 0.3) is 0 Å². The second kappa shape index (κ2) is 6.69. The summed E-state index contributed by atoms with van der Waals surface area (Å²) < 4.78 is 5.64. The monoisotopic (exact) mass is 302 g/mol. The van der Waals surface area contributed by atoms with Crippen LogP contribution < -0.4 is 4.90 Å². The third-order valence-electron chi connectivity index (χ3n) is 4.84. The van der Waals surface area contributed by atoms with Crippen molar-refractivity contribution in [1.29, 1.82) is 0 Å². The standard InChI is InChI=1S/C18H26N2O2/c1-14-12-19(2)17-8-4-3-6-15(17)13-20(14)18(21)10-9-16-7-5-11-22-16/h3-4,6,8,14,16H,5,7,9-13H2,1-2H3/t14-,16-/m1/s1. The number of carbonyl (C=O) groups is 1. The number of para-hydroxylation sites is 1. The molecule has 0 unspecified atom stereocenters. The third-order valence-corrected chi connectivity index (χ3v) is 4.84. The smallest absolute Gasteiger partial charge is 0.223 e. The highest BCUT2D eigenvalue weighted by molar-refractivity contribution is 5.77. The Morgan fingerprint density at radius 1 is 1.36 bits per heavy atom. The van der Waals surface area contributed by atoms with Gasteiger partial charge in [0.2, 0.25) is 5.91 Å². The zero-order chi connectivity index (χ0) is 15.5. The van der Waals surface area contributed by atoms with Gasteiger partial charge in [0.05, 0.1) is 6.10 Å². The normalized spacial score (nSPS) is 25.0. The Bertz CT molecular complexity index is 526. The quantitative estimate of drug-likeness (QED) is 0.861. The van der Waals surface area contributed by atoms with Crippen LogP contribution in [-0.4, -0.2) is 43.2 Å². The number of anilines is 1. The van der Waals surface area contributed by atoms with Gasteiger partial charge in [-0.3, -0.25) is 4.79 Å². The van der Waals surface area contributed by atoms with E-state index in [-0.39, 0.29) is 11.9 Å². The van der Waals surface area contributed by atoms with Gasteiger partial charge in [-0.25, -0.2) is 0 Å². The molecule has 22 heavy (non-hydrogen) atoms. The Balaban J connectivity index is 1.68.